The highest BCUT2D eigenvalue weighted by Crippen LogP contribution is 2.32. The molecule has 3 rings (SSSR count). The lowest BCUT2D eigenvalue weighted by molar-refractivity contribution is 0.318. The molecule has 0 aliphatic carbocycles. The average Bonchev–Trinajstić information content (AvgIpc) is 2.56. The maximum Gasteiger partial charge on any atom is 0.0872 e. The molecule has 0 fully saturated rings. The van der Waals surface area contributed by atoms with Crippen molar-refractivity contribution in [2.75, 3.05) is 0 Å². The molecule has 0 radical (unpaired) electrons. The highest BCUT2D eigenvalue weighted by molar-refractivity contribution is 6.12. The molecule has 24 heavy (non-hydrogen) atoms. The van der Waals surface area contributed by atoms with E-state index < -0.39 is 0 Å². The molecule has 0 unspecified atom stereocenters. The van der Waals surface area contributed by atoms with Crippen LogP contribution in [0.1, 0.15) is 35.7 Å². The van der Waals surface area contributed by atoms with Gasteiger partial charge in [-0.15, -0.1) is 0 Å². The van der Waals surface area contributed by atoms with Gasteiger partial charge in [-0.25, -0.2) is 0 Å². The molecule has 0 amide bonds. The highest BCUT2D eigenvalue weighted by Gasteiger charge is 2.14. The van der Waals surface area contributed by atoms with E-state index in [1.54, 1.807) is 0 Å². The summed E-state index contributed by atoms with van der Waals surface area (Å²) in [6.45, 7) is 8.20. The maximum absolute atomic E-state index is 9.36. The van der Waals surface area contributed by atoms with Gasteiger partial charge < -0.3 is 5.21 Å². The predicted molar refractivity (Wildman–Crippen MR) is 100 cm³/mol. The van der Waals surface area contributed by atoms with Crippen LogP contribution in [0.2, 0.25) is 0 Å². The second kappa shape index (κ2) is 6.44. The van der Waals surface area contributed by atoms with Gasteiger partial charge in [0, 0.05) is 22.2 Å². The lowest BCUT2D eigenvalue weighted by atomic mass is 9.94. The van der Waals surface area contributed by atoms with Gasteiger partial charge in [0.1, 0.15) is 0 Å². The van der Waals surface area contributed by atoms with E-state index in [0.29, 0.717) is 12.1 Å². The normalized spacial score (nSPS) is 11.9. The first-order valence-electron chi connectivity index (χ1n) is 8.24. The number of fused-ring (bicyclic) bond motifs is 1. The number of hydrogen-bond donors (Lipinski definition) is 1. The lowest BCUT2D eigenvalue weighted by Crippen LogP contribution is -2.03. The summed E-state index contributed by atoms with van der Waals surface area (Å²) in [4.78, 5) is 4.79. The van der Waals surface area contributed by atoms with Crippen molar-refractivity contribution >= 4 is 16.6 Å². The number of hydrogen-bond acceptors (Lipinski definition) is 3. The first-order chi connectivity index (χ1) is 11.5. The third-order valence-electron chi connectivity index (χ3n) is 4.41. The number of oxime groups is 1. The largest absolute Gasteiger partial charge is 0.411 e. The van der Waals surface area contributed by atoms with E-state index in [9.17, 15) is 5.21 Å². The number of benzene rings is 2. The smallest absolute Gasteiger partial charge is 0.0872 e. The number of aryl methyl sites for hydroxylation is 3. The number of nitrogens with zero attached hydrogens (tertiary/aromatic N) is 2. The van der Waals surface area contributed by atoms with Gasteiger partial charge in [-0.1, -0.05) is 54.0 Å². The van der Waals surface area contributed by atoms with E-state index in [1.165, 1.54) is 16.7 Å². The standard InChI is InChI=1S/C21H22N2O/c1-5-20(23-24)19-12-15(4)22-21-17(7-6-8-18(19)21)16-10-9-13(2)11-14(16)3/h6-12,24H,5H2,1-4H3/b23-20+. The average molecular weight is 318 g/mol. The van der Waals surface area contributed by atoms with Crippen LogP contribution >= 0.6 is 0 Å². The highest BCUT2D eigenvalue weighted by atomic mass is 16.4. The van der Waals surface area contributed by atoms with Crippen molar-refractivity contribution in [2.24, 2.45) is 5.16 Å². The van der Waals surface area contributed by atoms with Crippen molar-refractivity contribution in [3.8, 4) is 11.1 Å². The van der Waals surface area contributed by atoms with Crippen LogP contribution in [0.4, 0.5) is 0 Å². The van der Waals surface area contributed by atoms with Gasteiger partial charge >= 0.3 is 0 Å². The van der Waals surface area contributed by atoms with Crippen LogP contribution < -0.4 is 0 Å². The Morgan fingerprint density at radius 2 is 1.83 bits per heavy atom. The molecular weight excluding hydrogens is 296 g/mol. The van der Waals surface area contributed by atoms with E-state index in [-0.39, 0.29) is 0 Å². The third kappa shape index (κ3) is 2.78. The van der Waals surface area contributed by atoms with Crippen molar-refractivity contribution in [3.63, 3.8) is 0 Å². The van der Waals surface area contributed by atoms with Gasteiger partial charge in [0.25, 0.3) is 0 Å². The Labute approximate surface area is 142 Å². The zero-order valence-corrected chi connectivity index (χ0v) is 14.6. The van der Waals surface area contributed by atoms with E-state index >= 15 is 0 Å². The van der Waals surface area contributed by atoms with Crippen molar-refractivity contribution in [2.45, 2.75) is 34.1 Å². The Morgan fingerprint density at radius 1 is 1.04 bits per heavy atom. The minimum atomic E-state index is 0.669. The van der Waals surface area contributed by atoms with Crippen LogP contribution in [-0.2, 0) is 0 Å². The van der Waals surface area contributed by atoms with E-state index in [4.69, 9.17) is 4.98 Å². The summed E-state index contributed by atoms with van der Waals surface area (Å²) < 4.78 is 0. The Balaban J connectivity index is 2.36. The number of para-hydroxylation sites is 1. The van der Waals surface area contributed by atoms with E-state index in [1.807, 2.05) is 32.0 Å². The van der Waals surface area contributed by atoms with Crippen molar-refractivity contribution < 1.29 is 5.21 Å². The maximum atomic E-state index is 9.36. The Kier molecular flexibility index (Phi) is 4.34. The summed E-state index contributed by atoms with van der Waals surface area (Å²) in [5.41, 5.74) is 8.30. The van der Waals surface area contributed by atoms with Crippen LogP contribution in [0.3, 0.4) is 0 Å². The molecule has 0 saturated heterocycles. The van der Waals surface area contributed by atoms with E-state index in [0.717, 1.165) is 27.7 Å². The van der Waals surface area contributed by atoms with Crippen molar-refractivity contribution in [1.29, 1.82) is 0 Å². The summed E-state index contributed by atoms with van der Waals surface area (Å²) in [6.07, 6.45) is 0.669. The second-order valence-electron chi connectivity index (χ2n) is 6.23. The topological polar surface area (TPSA) is 45.5 Å². The van der Waals surface area contributed by atoms with Crippen LogP contribution in [0.5, 0.6) is 0 Å². The monoisotopic (exact) mass is 318 g/mol. The molecule has 0 atom stereocenters. The van der Waals surface area contributed by atoms with Crippen molar-refractivity contribution in [1.82, 2.24) is 4.98 Å². The molecule has 0 aliphatic rings. The summed E-state index contributed by atoms with van der Waals surface area (Å²) in [5, 5.41) is 13.9. The van der Waals surface area contributed by atoms with Crippen LogP contribution in [0.15, 0.2) is 47.6 Å². The Morgan fingerprint density at radius 3 is 2.50 bits per heavy atom. The van der Waals surface area contributed by atoms with E-state index in [2.05, 4.69) is 43.3 Å². The molecule has 3 aromatic rings. The molecule has 2 aromatic carbocycles. The van der Waals surface area contributed by atoms with Crippen LogP contribution in [-0.4, -0.2) is 15.9 Å². The SMILES string of the molecule is CC/C(=N\O)c1cc(C)nc2c(-c3ccc(C)cc3C)cccc12. The molecule has 0 spiro atoms. The Bertz CT molecular complexity index is 942. The fourth-order valence-corrected chi connectivity index (χ4v) is 3.26. The molecule has 3 nitrogen and oxygen atoms in total. The molecule has 1 N–H and O–H groups in total. The quantitative estimate of drug-likeness (QED) is 0.398. The number of rotatable bonds is 3. The molecule has 0 saturated carbocycles. The minimum Gasteiger partial charge on any atom is -0.411 e. The molecule has 3 heteroatoms. The third-order valence-corrected chi connectivity index (χ3v) is 4.41. The van der Waals surface area contributed by atoms with Crippen molar-refractivity contribution in [3.05, 3.63) is 64.8 Å². The van der Waals surface area contributed by atoms with Gasteiger partial charge in [0.05, 0.1) is 11.2 Å². The lowest BCUT2D eigenvalue weighted by Gasteiger charge is -2.13. The second-order valence-corrected chi connectivity index (χ2v) is 6.23. The van der Waals surface area contributed by atoms with Gasteiger partial charge in [-0.05, 0) is 44.4 Å². The first-order valence-corrected chi connectivity index (χ1v) is 8.24. The fraction of sp³-hybridized carbons (Fsp3) is 0.238. The molecule has 122 valence electrons. The summed E-state index contributed by atoms with van der Waals surface area (Å²) in [5.74, 6) is 0. The van der Waals surface area contributed by atoms with Gasteiger partial charge in [-0.2, -0.15) is 0 Å². The first kappa shape index (κ1) is 16.2. The molecule has 1 aromatic heterocycles. The number of pyridine rings is 1. The summed E-state index contributed by atoms with van der Waals surface area (Å²) in [6, 6.07) is 14.7. The zero-order valence-electron chi connectivity index (χ0n) is 14.6. The fourth-order valence-electron chi connectivity index (χ4n) is 3.26. The summed E-state index contributed by atoms with van der Waals surface area (Å²) in [7, 11) is 0. The molecule has 1 heterocycles. The Hall–Kier alpha value is -2.68. The van der Waals surface area contributed by atoms with Gasteiger partial charge in [-0.3, -0.25) is 4.98 Å². The predicted octanol–water partition coefficient (Wildman–Crippen LogP) is 5.42. The summed E-state index contributed by atoms with van der Waals surface area (Å²) >= 11 is 0. The van der Waals surface area contributed by atoms with Crippen LogP contribution in [0, 0.1) is 20.8 Å². The molecule has 0 bridgehead atoms. The number of aromatic nitrogens is 1. The zero-order chi connectivity index (χ0) is 17.3. The minimum absolute atomic E-state index is 0.669. The molecular formula is C21H22N2O. The molecule has 0 aliphatic heterocycles. The van der Waals surface area contributed by atoms with Gasteiger partial charge in [0.2, 0.25) is 0 Å². The van der Waals surface area contributed by atoms with Crippen LogP contribution in [0.25, 0.3) is 22.0 Å². The van der Waals surface area contributed by atoms with Gasteiger partial charge in [0.15, 0.2) is 0 Å².